The van der Waals surface area contributed by atoms with Crippen LogP contribution in [-0.2, 0) is 0 Å². The third kappa shape index (κ3) is 5.27. The van der Waals surface area contributed by atoms with E-state index in [-0.39, 0.29) is 5.91 Å². The zero-order valence-corrected chi connectivity index (χ0v) is 19.3. The topological polar surface area (TPSA) is 48.5 Å². The minimum atomic E-state index is -0.00480. The number of carbonyl (C=O) groups is 1. The molecule has 8 heteroatoms. The van der Waals surface area contributed by atoms with Gasteiger partial charge in [-0.15, -0.1) is 11.8 Å². The summed E-state index contributed by atoms with van der Waals surface area (Å²) in [7, 11) is 0. The fraction of sp³-hybridized carbons (Fsp3) is 0.364. The summed E-state index contributed by atoms with van der Waals surface area (Å²) in [6.45, 7) is 7.46. The Morgan fingerprint density at radius 3 is 2.67 bits per heavy atom. The molecule has 0 saturated carbocycles. The molecule has 0 unspecified atom stereocenters. The molecule has 1 aliphatic heterocycles. The molecular formula is C22H25ClN4OS2. The van der Waals surface area contributed by atoms with Crippen molar-refractivity contribution in [2.75, 3.05) is 49.9 Å². The number of aromatic nitrogens is 1. The lowest BCUT2D eigenvalue weighted by atomic mass is 10.2. The van der Waals surface area contributed by atoms with Gasteiger partial charge in [0.05, 0.1) is 10.2 Å². The first-order valence-electron chi connectivity index (χ1n) is 10.2. The molecule has 5 nitrogen and oxygen atoms in total. The first-order valence-corrected chi connectivity index (χ1v) is 12.3. The first-order chi connectivity index (χ1) is 14.6. The summed E-state index contributed by atoms with van der Waals surface area (Å²) in [6, 6.07) is 13.7. The molecule has 2 aromatic carbocycles. The van der Waals surface area contributed by atoms with E-state index in [0.29, 0.717) is 6.54 Å². The summed E-state index contributed by atoms with van der Waals surface area (Å²) in [4.78, 5) is 23.0. The number of carbonyl (C=O) groups excluding carboxylic acids is 1. The molecule has 1 saturated heterocycles. The highest BCUT2D eigenvalue weighted by molar-refractivity contribution is 7.99. The molecule has 0 aliphatic carbocycles. The zero-order valence-electron chi connectivity index (χ0n) is 16.9. The molecule has 1 fully saturated rings. The average Bonchev–Trinajstić information content (AvgIpc) is 3.18. The van der Waals surface area contributed by atoms with Crippen molar-refractivity contribution in [2.45, 2.75) is 11.8 Å². The summed E-state index contributed by atoms with van der Waals surface area (Å²) in [5.41, 5.74) is 1.72. The number of thiazole rings is 1. The summed E-state index contributed by atoms with van der Waals surface area (Å²) < 4.78 is 1.13. The van der Waals surface area contributed by atoms with Gasteiger partial charge in [0.15, 0.2) is 5.13 Å². The molecule has 1 N–H and O–H groups in total. The van der Waals surface area contributed by atoms with Gasteiger partial charge in [0.2, 0.25) is 0 Å². The van der Waals surface area contributed by atoms with Crippen LogP contribution >= 0.6 is 34.7 Å². The van der Waals surface area contributed by atoms with Crippen LogP contribution in [0, 0.1) is 0 Å². The Labute approximate surface area is 190 Å². The normalized spacial score (nSPS) is 14.9. The van der Waals surface area contributed by atoms with Gasteiger partial charge in [-0.1, -0.05) is 29.9 Å². The molecule has 1 aromatic heterocycles. The van der Waals surface area contributed by atoms with Gasteiger partial charge in [-0.2, -0.15) is 0 Å². The molecule has 4 rings (SSSR count). The fourth-order valence-electron chi connectivity index (χ4n) is 3.48. The van der Waals surface area contributed by atoms with Crippen LogP contribution in [0.25, 0.3) is 10.2 Å². The molecule has 30 heavy (non-hydrogen) atoms. The van der Waals surface area contributed by atoms with Gasteiger partial charge in [0.1, 0.15) is 0 Å². The first kappa shape index (κ1) is 21.4. The summed E-state index contributed by atoms with van der Waals surface area (Å²) in [6.07, 6.45) is 0. The van der Waals surface area contributed by atoms with E-state index in [1.807, 2.05) is 42.5 Å². The predicted octanol–water partition coefficient (Wildman–Crippen LogP) is 4.61. The summed E-state index contributed by atoms with van der Waals surface area (Å²) in [5, 5.41) is 4.85. The number of halogens is 1. The molecule has 2 heterocycles. The predicted molar refractivity (Wildman–Crippen MR) is 128 cm³/mol. The lowest BCUT2D eigenvalue weighted by Gasteiger charge is -2.34. The van der Waals surface area contributed by atoms with Gasteiger partial charge in [-0.25, -0.2) is 4.98 Å². The van der Waals surface area contributed by atoms with E-state index in [1.165, 1.54) is 4.90 Å². The van der Waals surface area contributed by atoms with Gasteiger partial charge in [-0.05, 0) is 48.2 Å². The van der Waals surface area contributed by atoms with E-state index in [4.69, 9.17) is 16.6 Å². The van der Waals surface area contributed by atoms with Gasteiger partial charge in [0, 0.05) is 54.8 Å². The average molecular weight is 461 g/mol. The standard InChI is InChI=1S/C22H25ClN4OS2/c1-2-29-18-6-3-16(4-7-18)21(28)24-9-10-26-11-13-27(14-12-26)22-25-19-8-5-17(23)15-20(19)30-22/h3-8,15H,2,9-14H2,1H3,(H,24,28). The monoisotopic (exact) mass is 460 g/mol. The van der Waals surface area contributed by atoms with Gasteiger partial charge < -0.3 is 10.2 Å². The molecule has 0 radical (unpaired) electrons. The van der Waals surface area contributed by atoms with E-state index in [1.54, 1.807) is 23.1 Å². The van der Waals surface area contributed by atoms with Crippen LogP contribution in [0.15, 0.2) is 47.4 Å². The van der Waals surface area contributed by atoms with Crippen LogP contribution in [0.2, 0.25) is 5.02 Å². The van der Waals surface area contributed by atoms with E-state index in [2.05, 4.69) is 22.0 Å². The summed E-state index contributed by atoms with van der Waals surface area (Å²) in [5.74, 6) is 1.03. The van der Waals surface area contributed by atoms with Crippen molar-refractivity contribution in [1.82, 2.24) is 15.2 Å². The van der Waals surface area contributed by atoms with Crippen molar-refractivity contribution in [1.29, 1.82) is 0 Å². The maximum Gasteiger partial charge on any atom is 0.251 e. The SMILES string of the molecule is CCSc1ccc(C(=O)NCCN2CCN(c3nc4ccc(Cl)cc4s3)CC2)cc1. The highest BCUT2D eigenvalue weighted by atomic mass is 35.5. The maximum absolute atomic E-state index is 12.3. The molecular weight excluding hydrogens is 436 g/mol. The highest BCUT2D eigenvalue weighted by Gasteiger charge is 2.20. The Bertz CT molecular complexity index is 1000. The van der Waals surface area contributed by atoms with Gasteiger partial charge in [-0.3, -0.25) is 9.69 Å². The van der Waals surface area contributed by atoms with Crippen LogP contribution in [0.4, 0.5) is 5.13 Å². The Kier molecular flexibility index (Phi) is 7.15. The van der Waals surface area contributed by atoms with Gasteiger partial charge >= 0.3 is 0 Å². The second-order valence-corrected chi connectivity index (χ2v) is 9.93. The number of nitrogens with one attached hydrogen (secondary N) is 1. The van der Waals surface area contributed by atoms with Crippen LogP contribution < -0.4 is 10.2 Å². The number of anilines is 1. The fourth-order valence-corrected chi connectivity index (χ4v) is 5.44. The van der Waals surface area contributed by atoms with Crippen molar-refractivity contribution in [3.05, 3.63) is 53.1 Å². The number of rotatable bonds is 7. The smallest absolute Gasteiger partial charge is 0.251 e. The molecule has 3 aromatic rings. The maximum atomic E-state index is 12.3. The summed E-state index contributed by atoms with van der Waals surface area (Å²) >= 11 is 9.57. The quantitative estimate of drug-likeness (QED) is 0.521. The Hall–Kier alpha value is -1.80. The second kappa shape index (κ2) is 10.0. The molecule has 0 bridgehead atoms. The number of hydrogen-bond donors (Lipinski definition) is 1. The minimum Gasteiger partial charge on any atom is -0.351 e. The molecule has 0 atom stereocenters. The van der Waals surface area contributed by atoms with Crippen molar-refractivity contribution in [2.24, 2.45) is 0 Å². The number of fused-ring (bicyclic) bond motifs is 1. The lowest BCUT2D eigenvalue weighted by molar-refractivity contribution is 0.0947. The molecule has 1 aliphatic rings. The lowest BCUT2D eigenvalue weighted by Crippen LogP contribution is -2.48. The number of nitrogens with zero attached hydrogens (tertiary/aromatic N) is 3. The zero-order chi connectivity index (χ0) is 20.9. The van der Waals surface area contributed by atoms with E-state index in [0.717, 1.165) is 64.4 Å². The number of benzene rings is 2. The number of amides is 1. The number of piperazine rings is 1. The van der Waals surface area contributed by atoms with E-state index < -0.39 is 0 Å². The highest BCUT2D eigenvalue weighted by Crippen LogP contribution is 2.31. The Morgan fingerprint density at radius 1 is 1.17 bits per heavy atom. The third-order valence-corrected chi connectivity index (χ3v) is 7.33. The molecule has 158 valence electrons. The number of thioether (sulfide) groups is 1. The Morgan fingerprint density at radius 2 is 1.93 bits per heavy atom. The minimum absolute atomic E-state index is 0.00480. The van der Waals surface area contributed by atoms with Crippen molar-refractivity contribution in [3.8, 4) is 0 Å². The third-order valence-electron chi connectivity index (χ3n) is 5.12. The Balaban J connectivity index is 1.22. The van der Waals surface area contributed by atoms with Gasteiger partial charge in [0.25, 0.3) is 5.91 Å². The van der Waals surface area contributed by atoms with Crippen molar-refractivity contribution < 1.29 is 4.79 Å². The number of hydrogen-bond acceptors (Lipinski definition) is 6. The molecule has 0 spiro atoms. The van der Waals surface area contributed by atoms with E-state index in [9.17, 15) is 4.79 Å². The molecule has 1 amide bonds. The van der Waals surface area contributed by atoms with Crippen LogP contribution in [0.3, 0.4) is 0 Å². The van der Waals surface area contributed by atoms with Crippen LogP contribution in [0.5, 0.6) is 0 Å². The van der Waals surface area contributed by atoms with Crippen LogP contribution in [-0.4, -0.2) is 60.8 Å². The van der Waals surface area contributed by atoms with E-state index >= 15 is 0 Å². The van der Waals surface area contributed by atoms with Crippen molar-refractivity contribution in [3.63, 3.8) is 0 Å². The van der Waals surface area contributed by atoms with Crippen molar-refractivity contribution >= 4 is 56.0 Å². The van der Waals surface area contributed by atoms with Crippen LogP contribution in [0.1, 0.15) is 17.3 Å². The largest absolute Gasteiger partial charge is 0.351 e. The second-order valence-electron chi connectivity index (χ2n) is 7.15.